The molecule has 5 nitrogen and oxygen atoms in total. The zero-order valence-corrected chi connectivity index (χ0v) is 17.2. The van der Waals surface area contributed by atoms with E-state index >= 15 is 0 Å². The molecule has 0 aliphatic carbocycles. The summed E-state index contributed by atoms with van der Waals surface area (Å²) in [6, 6.07) is 24.2. The van der Waals surface area contributed by atoms with Crippen molar-refractivity contribution < 1.29 is 4.79 Å². The van der Waals surface area contributed by atoms with Gasteiger partial charge >= 0.3 is 0 Å². The van der Waals surface area contributed by atoms with E-state index in [0.717, 1.165) is 53.9 Å². The summed E-state index contributed by atoms with van der Waals surface area (Å²) >= 11 is 0. The van der Waals surface area contributed by atoms with Crippen molar-refractivity contribution in [1.29, 1.82) is 0 Å². The summed E-state index contributed by atoms with van der Waals surface area (Å²) in [5.74, 6) is -0.0989. The summed E-state index contributed by atoms with van der Waals surface area (Å²) in [4.78, 5) is 23.7. The van der Waals surface area contributed by atoms with E-state index in [9.17, 15) is 4.79 Å². The number of likely N-dealkylation sites (tertiary alicyclic amines) is 1. The fraction of sp³-hybridized carbons (Fsp3) is 0.192. The molecule has 154 valence electrons. The minimum absolute atomic E-state index is 0.301. The third-order valence-electron chi connectivity index (χ3n) is 6.01. The molecule has 1 fully saturated rings. The second kappa shape index (κ2) is 8.28. The van der Waals surface area contributed by atoms with E-state index < -0.39 is 5.91 Å². The molecule has 1 unspecified atom stereocenters. The van der Waals surface area contributed by atoms with Crippen LogP contribution in [0.1, 0.15) is 34.0 Å². The van der Waals surface area contributed by atoms with Crippen molar-refractivity contribution in [3.05, 3.63) is 95.8 Å². The van der Waals surface area contributed by atoms with Crippen molar-refractivity contribution in [2.45, 2.75) is 18.9 Å². The summed E-state index contributed by atoms with van der Waals surface area (Å²) in [5.41, 5.74) is 11.4. The van der Waals surface area contributed by atoms with Gasteiger partial charge in [0.25, 0.3) is 0 Å². The molecule has 0 saturated carbocycles. The van der Waals surface area contributed by atoms with Crippen LogP contribution in [0, 0.1) is 0 Å². The van der Waals surface area contributed by atoms with Gasteiger partial charge in [-0.3, -0.25) is 19.7 Å². The number of nitrogens with two attached hydrogens (primary N) is 1. The Morgan fingerprint density at radius 2 is 1.84 bits per heavy atom. The van der Waals surface area contributed by atoms with E-state index in [2.05, 4.69) is 34.1 Å². The van der Waals surface area contributed by atoms with Gasteiger partial charge in [-0.15, -0.1) is 0 Å². The van der Waals surface area contributed by atoms with Crippen LogP contribution in [-0.2, 0) is 6.54 Å². The topological polar surface area (TPSA) is 72.1 Å². The number of hydrogen-bond donors (Lipinski definition) is 1. The number of amides is 1. The number of carbonyl (C=O) groups is 1. The zero-order chi connectivity index (χ0) is 21.2. The van der Waals surface area contributed by atoms with Crippen molar-refractivity contribution in [2.75, 3.05) is 13.1 Å². The maximum absolute atomic E-state index is 12.0. The van der Waals surface area contributed by atoms with Crippen molar-refractivity contribution >= 4 is 16.8 Å². The lowest BCUT2D eigenvalue weighted by Crippen LogP contribution is -2.20. The summed E-state index contributed by atoms with van der Waals surface area (Å²) < 4.78 is 0. The van der Waals surface area contributed by atoms with Gasteiger partial charge in [0, 0.05) is 41.8 Å². The number of aromatic nitrogens is 2. The summed E-state index contributed by atoms with van der Waals surface area (Å²) in [7, 11) is 0. The normalized spacial score (nSPS) is 16.6. The Hall–Kier alpha value is -3.57. The number of fused-ring (bicyclic) bond motifs is 1. The average molecular weight is 409 g/mol. The van der Waals surface area contributed by atoms with Gasteiger partial charge in [-0.1, -0.05) is 48.5 Å². The fourth-order valence-electron chi connectivity index (χ4n) is 4.40. The number of pyridine rings is 2. The molecule has 1 aliphatic rings. The predicted molar refractivity (Wildman–Crippen MR) is 123 cm³/mol. The van der Waals surface area contributed by atoms with Crippen molar-refractivity contribution in [3.8, 4) is 11.3 Å². The lowest BCUT2D eigenvalue weighted by atomic mass is 9.99. The van der Waals surface area contributed by atoms with E-state index in [1.54, 1.807) is 0 Å². The molecule has 31 heavy (non-hydrogen) atoms. The Morgan fingerprint density at radius 3 is 2.61 bits per heavy atom. The summed E-state index contributed by atoms with van der Waals surface area (Å²) in [5, 5.41) is 0.821. The van der Waals surface area contributed by atoms with E-state index in [1.165, 1.54) is 5.56 Å². The Morgan fingerprint density at radius 1 is 1.03 bits per heavy atom. The van der Waals surface area contributed by atoms with Crippen LogP contribution in [0.5, 0.6) is 0 Å². The van der Waals surface area contributed by atoms with Crippen LogP contribution in [0.15, 0.2) is 79.0 Å². The fourth-order valence-corrected chi connectivity index (χ4v) is 4.40. The molecule has 0 bridgehead atoms. The Bertz CT molecular complexity index is 1220. The highest BCUT2D eigenvalue weighted by Crippen LogP contribution is 2.30. The molecule has 3 heterocycles. The third kappa shape index (κ3) is 4.05. The Kier molecular flexibility index (Phi) is 5.18. The predicted octanol–water partition coefficient (Wildman–Crippen LogP) is 4.39. The highest BCUT2D eigenvalue weighted by atomic mass is 16.1. The largest absolute Gasteiger partial charge is 0.366 e. The quantitative estimate of drug-likeness (QED) is 0.532. The highest BCUT2D eigenvalue weighted by Gasteiger charge is 2.26. The molecule has 2 N–H and O–H groups in total. The molecule has 1 saturated heterocycles. The Labute approximate surface area is 181 Å². The smallest absolute Gasteiger partial charge is 0.249 e. The maximum Gasteiger partial charge on any atom is 0.249 e. The van der Waals surface area contributed by atoms with Gasteiger partial charge in [-0.25, -0.2) is 0 Å². The van der Waals surface area contributed by atoms with Gasteiger partial charge in [0.1, 0.15) is 0 Å². The third-order valence-corrected chi connectivity index (χ3v) is 6.01. The van der Waals surface area contributed by atoms with Crippen LogP contribution in [-0.4, -0.2) is 33.9 Å². The molecule has 2 aromatic carbocycles. The number of carbonyl (C=O) groups excluding carboxylic acids is 1. The van der Waals surface area contributed by atoms with E-state index in [1.807, 2.05) is 54.7 Å². The first-order valence-electron chi connectivity index (χ1n) is 10.6. The molecule has 2 aromatic heterocycles. The lowest BCUT2D eigenvalue weighted by molar-refractivity contribution is 0.100. The molecule has 1 atom stereocenters. The van der Waals surface area contributed by atoms with Crippen LogP contribution in [0.3, 0.4) is 0 Å². The van der Waals surface area contributed by atoms with Crippen molar-refractivity contribution in [3.63, 3.8) is 0 Å². The van der Waals surface area contributed by atoms with E-state index in [-0.39, 0.29) is 0 Å². The second-order valence-corrected chi connectivity index (χ2v) is 8.11. The van der Waals surface area contributed by atoms with Gasteiger partial charge in [0.15, 0.2) is 0 Å². The number of primary amides is 1. The standard InChI is InChI=1S/C26H24N4O/c27-26(31)22-15-25(29-24-7-2-1-5-21(22)24)20-12-14-30(17-20)16-18-8-10-19(11-9-18)23-6-3-4-13-28-23/h1-11,13,15,20H,12,14,16-17H2,(H2,27,31). The number of nitrogens with zero attached hydrogens (tertiary/aromatic N) is 3. The second-order valence-electron chi connectivity index (χ2n) is 8.11. The minimum Gasteiger partial charge on any atom is -0.366 e. The van der Waals surface area contributed by atoms with Crippen LogP contribution in [0.2, 0.25) is 0 Å². The number of hydrogen-bond acceptors (Lipinski definition) is 4. The van der Waals surface area contributed by atoms with E-state index in [4.69, 9.17) is 10.7 Å². The monoisotopic (exact) mass is 408 g/mol. The molecule has 5 heteroatoms. The SMILES string of the molecule is NC(=O)c1cc(C2CCN(Cc3ccc(-c4ccccn4)cc3)C2)nc2ccccc12. The molecule has 1 amide bonds. The van der Waals surface area contributed by atoms with Crippen molar-refractivity contribution in [1.82, 2.24) is 14.9 Å². The van der Waals surface area contributed by atoms with Crippen LogP contribution in [0.4, 0.5) is 0 Å². The van der Waals surface area contributed by atoms with Gasteiger partial charge in [-0.05, 0) is 42.8 Å². The molecular weight excluding hydrogens is 384 g/mol. The van der Waals surface area contributed by atoms with Gasteiger partial charge in [0.05, 0.1) is 16.8 Å². The first-order valence-corrected chi connectivity index (χ1v) is 10.6. The van der Waals surface area contributed by atoms with Crippen LogP contribution >= 0.6 is 0 Å². The lowest BCUT2D eigenvalue weighted by Gasteiger charge is -2.17. The average Bonchev–Trinajstić information content (AvgIpc) is 3.28. The Balaban J connectivity index is 1.31. The molecule has 5 rings (SSSR count). The van der Waals surface area contributed by atoms with Gasteiger partial charge < -0.3 is 5.73 Å². The van der Waals surface area contributed by atoms with Crippen LogP contribution in [0.25, 0.3) is 22.2 Å². The number of rotatable bonds is 5. The molecule has 1 aliphatic heterocycles. The van der Waals surface area contributed by atoms with E-state index in [0.29, 0.717) is 11.5 Å². The zero-order valence-electron chi connectivity index (χ0n) is 17.2. The summed E-state index contributed by atoms with van der Waals surface area (Å²) in [6.07, 6.45) is 2.84. The summed E-state index contributed by atoms with van der Waals surface area (Å²) in [6.45, 7) is 2.83. The van der Waals surface area contributed by atoms with Crippen LogP contribution < -0.4 is 5.73 Å². The first-order chi connectivity index (χ1) is 15.2. The van der Waals surface area contributed by atoms with Gasteiger partial charge in [-0.2, -0.15) is 0 Å². The molecular formula is C26H24N4O. The number of para-hydroxylation sites is 1. The minimum atomic E-state index is -0.400. The molecule has 0 spiro atoms. The maximum atomic E-state index is 12.0. The van der Waals surface area contributed by atoms with Crippen molar-refractivity contribution in [2.24, 2.45) is 5.73 Å². The highest BCUT2D eigenvalue weighted by molar-refractivity contribution is 6.05. The molecule has 4 aromatic rings. The van der Waals surface area contributed by atoms with Gasteiger partial charge in [0.2, 0.25) is 5.91 Å². The molecule has 0 radical (unpaired) electrons. The first kappa shape index (κ1) is 19.4. The number of benzene rings is 2.